The maximum atomic E-state index is 12.5. The molecule has 0 atom stereocenters. The smallest absolute Gasteiger partial charge is 0.257 e. The standard InChI is InChI=1S/C19H18BrN3O3S2/c1-25-7-8-26-15-6-5-11(9-14(15)20)17(24)22-19(27)23-18-13(10-21)12-3-2-4-16(12)28-18/h5-6,9H,2-4,7-8H2,1H3,(H2,22,23,24,27). The fourth-order valence-electron chi connectivity index (χ4n) is 2.91. The van der Waals surface area contributed by atoms with E-state index in [1.165, 1.54) is 16.2 Å². The van der Waals surface area contributed by atoms with E-state index in [-0.39, 0.29) is 11.0 Å². The third kappa shape index (κ3) is 4.70. The summed E-state index contributed by atoms with van der Waals surface area (Å²) in [7, 11) is 1.60. The second-order valence-electron chi connectivity index (χ2n) is 6.07. The second kappa shape index (κ2) is 9.47. The van der Waals surface area contributed by atoms with Gasteiger partial charge in [0.05, 0.1) is 16.6 Å². The van der Waals surface area contributed by atoms with E-state index >= 15 is 0 Å². The number of nitrogens with one attached hydrogen (secondary N) is 2. The van der Waals surface area contributed by atoms with Crippen LogP contribution in [0.3, 0.4) is 0 Å². The number of hydrogen-bond donors (Lipinski definition) is 2. The van der Waals surface area contributed by atoms with Crippen molar-refractivity contribution in [1.29, 1.82) is 5.26 Å². The van der Waals surface area contributed by atoms with Crippen LogP contribution in [0.25, 0.3) is 0 Å². The number of thiocarbonyl (C=S) groups is 1. The first-order chi connectivity index (χ1) is 13.5. The van der Waals surface area contributed by atoms with E-state index in [0.29, 0.717) is 39.6 Å². The summed E-state index contributed by atoms with van der Waals surface area (Å²) in [6.07, 6.45) is 2.99. The van der Waals surface area contributed by atoms with E-state index in [4.69, 9.17) is 21.7 Å². The van der Waals surface area contributed by atoms with Gasteiger partial charge in [-0.1, -0.05) is 0 Å². The van der Waals surface area contributed by atoms with Gasteiger partial charge in [-0.3, -0.25) is 10.1 Å². The molecule has 2 aromatic rings. The van der Waals surface area contributed by atoms with Crippen LogP contribution < -0.4 is 15.4 Å². The van der Waals surface area contributed by atoms with Gasteiger partial charge in [-0.05, 0) is 71.2 Å². The van der Waals surface area contributed by atoms with Crippen LogP contribution in [-0.4, -0.2) is 31.3 Å². The van der Waals surface area contributed by atoms with Gasteiger partial charge in [0.2, 0.25) is 0 Å². The average molecular weight is 480 g/mol. The van der Waals surface area contributed by atoms with Gasteiger partial charge in [-0.25, -0.2) is 0 Å². The molecule has 1 amide bonds. The highest BCUT2D eigenvalue weighted by Crippen LogP contribution is 2.38. The molecule has 1 aliphatic carbocycles. The number of thiophene rings is 1. The number of ether oxygens (including phenoxy) is 2. The first kappa shape index (κ1) is 20.7. The van der Waals surface area contributed by atoms with Crippen LogP contribution in [0.2, 0.25) is 0 Å². The first-order valence-corrected chi connectivity index (χ1v) is 10.6. The Balaban J connectivity index is 1.63. The summed E-state index contributed by atoms with van der Waals surface area (Å²) < 4.78 is 11.2. The Morgan fingerprint density at radius 1 is 1.39 bits per heavy atom. The lowest BCUT2D eigenvalue weighted by atomic mass is 10.1. The SMILES string of the molecule is COCCOc1ccc(C(=O)NC(=S)Nc2sc3c(c2C#N)CCC3)cc1Br. The second-order valence-corrected chi connectivity index (χ2v) is 8.44. The maximum absolute atomic E-state index is 12.5. The van der Waals surface area contributed by atoms with Crippen LogP contribution in [0.15, 0.2) is 22.7 Å². The summed E-state index contributed by atoms with van der Waals surface area (Å²) >= 11 is 10.2. The van der Waals surface area contributed by atoms with Crippen molar-refractivity contribution in [2.24, 2.45) is 0 Å². The predicted octanol–water partition coefficient (Wildman–Crippen LogP) is 4.02. The van der Waals surface area contributed by atoms with Crippen molar-refractivity contribution in [2.75, 3.05) is 25.6 Å². The summed E-state index contributed by atoms with van der Waals surface area (Å²) in [5.74, 6) is 0.283. The first-order valence-electron chi connectivity index (χ1n) is 8.61. The highest BCUT2D eigenvalue weighted by atomic mass is 79.9. The van der Waals surface area contributed by atoms with Gasteiger partial charge < -0.3 is 14.8 Å². The monoisotopic (exact) mass is 479 g/mol. The van der Waals surface area contributed by atoms with Gasteiger partial charge in [-0.15, -0.1) is 11.3 Å². The van der Waals surface area contributed by atoms with Crippen molar-refractivity contribution < 1.29 is 14.3 Å². The van der Waals surface area contributed by atoms with E-state index in [2.05, 4.69) is 32.6 Å². The van der Waals surface area contributed by atoms with Crippen LogP contribution >= 0.6 is 39.5 Å². The third-order valence-electron chi connectivity index (χ3n) is 4.23. The van der Waals surface area contributed by atoms with Gasteiger partial charge >= 0.3 is 0 Å². The summed E-state index contributed by atoms with van der Waals surface area (Å²) in [4.78, 5) is 13.7. The Hall–Kier alpha value is -1.99. The maximum Gasteiger partial charge on any atom is 0.257 e. The van der Waals surface area contributed by atoms with E-state index in [1.54, 1.807) is 25.3 Å². The highest BCUT2D eigenvalue weighted by molar-refractivity contribution is 9.10. The van der Waals surface area contributed by atoms with Crippen LogP contribution in [-0.2, 0) is 17.6 Å². The molecule has 3 rings (SSSR count). The number of methoxy groups -OCH3 is 1. The lowest BCUT2D eigenvalue weighted by Crippen LogP contribution is -2.34. The number of nitrogens with zero attached hydrogens (tertiary/aromatic N) is 1. The molecule has 0 radical (unpaired) electrons. The zero-order valence-electron chi connectivity index (χ0n) is 15.1. The molecule has 0 saturated heterocycles. The van der Waals surface area contributed by atoms with E-state index < -0.39 is 0 Å². The van der Waals surface area contributed by atoms with Crippen molar-refractivity contribution in [3.8, 4) is 11.8 Å². The molecule has 0 spiro atoms. The fourth-order valence-corrected chi connectivity index (χ4v) is 4.91. The van der Waals surface area contributed by atoms with Gasteiger partial charge in [0.25, 0.3) is 5.91 Å². The number of rotatable bonds is 6. The van der Waals surface area contributed by atoms with E-state index in [1.807, 2.05) is 0 Å². The van der Waals surface area contributed by atoms with Crippen molar-refractivity contribution in [3.63, 3.8) is 0 Å². The van der Waals surface area contributed by atoms with Crippen LogP contribution in [0.5, 0.6) is 5.75 Å². The quantitative estimate of drug-likeness (QED) is 0.480. The van der Waals surface area contributed by atoms with Gasteiger partial charge in [-0.2, -0.15) is 5.26 Å². The van der Waals surface area contributed by atoms with E-state index in [9.17, 15) is 10.1 Å². The van der Waals surface area contributed by atoms with Crippen LogP contribution in [0.1, 0.15) is 32.8 Å². The molecule has 0 bridgehead atoms. The molecule has 2 N–H and O–H groups in total. The predicted molar refractivity (Wildman–Crippen MR) is 116 cm³/mol. The number of nitriles is 1. The molecule has 1 aliphatic rings. The highest BCUT2D eigenvalue weighted by Gasteiger charge is 2.23. The molecule has 0 fully saturated rings. The number of benzene rings is 1. The number of aryl methyl sites for hydroxylation is 1. The number of hydrogen-bond acceptors (Lipinski definition) is 6. The minimum atomic E-state index is -0.343. The minimum absolute atomic E-state index is 0.165. The van der Waals surface area contributed by atoms with Gasteiger partial charge in [0, 0.05) is 17.6 Å². The zero-order chi connectivity index (χ0) is 20.1. The molecular weight excluding hydrogens is 462 g/mol. The molecule has 0 unspecified atom stereocenters. The molecule has 0 aliphatic heterocycles. The molecule has 0 saturated carbocycles. The molecular formula is C19H18BrN3O3S2. The zero-order valence-corrected chi connectivity index (χ0v) is 18.4. The van der Waals surface area contributed by atoms with Crippen molar-refractivity contribution >= 4 is 55.5 Å². The molecule has 9 heteroatoms. The largest absolute Gasteiger partial charge is 0.490 e. The average Bonchev–Trinajstić information content (AvgIpc) is 3.23. The minimum Gasteiger partial charge on any atom is -0.490 e. The summed E-state index contributed by atoms with van der Waals surface area (Å²) in [5.41, 5.74) is 2.18. The molecule has 6 nitrogen and oxygen atoms in total. The molecule has 1 aromatic heterocycles. The van der Waals surface area contributed by atoms with Crippen molar-refractivity contribution in [3.05, 3.63) is 44.2 Å². The van der Waals surface area contributed by atoms with Gasteiger partial charge in [0.15, 0.2) is 5.11 Å². The number of halogens is 1. The topological polar surface area (TPSA) is 83.4 Å². The number of anilines is 1. The molecule has 28 heavy (non-hydrogen) atoms. The summed E-state index contributed by atoms with van der Waals surface area (Å²) in [5, 5.41) is 16.0. The summed E-state index contributed by atoms with van der Waals surface area (Å²) in [6.45, 7) is 0.895. The Bertz CT molecular complexity index is 953. The van der Waals surface area contributed by atoms with Gasteiger partial charge in [0.1, 0.15) is 23.4 Å². The Morgan fingerprint density at radius 2 is 2.21 bits per heavy atom. The fraction of sp³-hybridized carbons (Fsp3) is 0.316. The van der Waals surface area contributed by atoms with Crippen molar-refractivity contribution in [2.45, 2.75) is 19.3 Å². The molecule has 1 aromatic carbocycles. The van der Waals surface area contributed by atoms with Crippen LogP contribution in [0, 0.1) is 11.3 Å². The normalized spacial score (nSPS) is 12.2. The Morgan fingerprint density at radius 3 is 2.93 bits per heavy atom. The lowest BCUT2D eigenvalue weighted by molar-refractivity contribution is 0.0977. The molecule has 146 valence electrons. The Labute approximate surface area is 181 Å². The number of carbonyl (C=O) groups is 1. The summed E-state index contributed by atoms with van der Waals surface area (Å²) in [6, 6.07) is 7.28. The van der Waals surface area contributed by atoms with Crippen molar-refractivity contribution in [1.82, 2.24) is 5.32 Å². The van der Waals surface area contributed by atoms with E-state index in [0.717, 1.165) is 24.8 Å². The number of amides is 1. The van der Waals surface area contributed by atoms with Crippen LogP contribution in [0.4, 0.5) is 5.00 Å². The number of carbonyl (C=O) groups excluding carboxylic acids is 1. The lowest BCUT2D eigenvalue weighted by Gasteiger charge is -2.11. The molecule has 1 heterocycles. The third-order valence-corrected chi connectivity index (χ3v) is 6.26. The Kier molecular flexibility index (Phi) is 7.02. The number of fused-ring (bicyclic) bond motifs is 1.